The van der Waals surface area contributed by atoms with E-state index in [0.29, 0.717) is 72.4 Å². The molecule has 2 N–H and O–H groups in total. The maximum Gasteiger partial charge on any atom is 0.246 e. The van der Waals surface area contributed by atoms with Crippen LogP contribution in [0.15, 0.2) is 0 Å². The summed E-state index contributed by atoms with van der Waals surface area (Å²) >= 11 is 0. The molecule has 0 atom stereocenters. The molecule has 0 saturated heterocycles. The minimum atomic E-state index is -0.134. The molecule has 0 rings (SSSR count). The Kier molecular flexibility index (Phi) is 24.9. The van der Waals surface area contributed by atoms with Gasteiger partial charge in [-0.15, -0.1) is 0 Å². The summed E-state index contributed by atoms with van der Waals surface area (Å²) in [6.07, 6.45) is 5.09. The van der Waals surface area contributed by atoms with Crippen molar-refractivity contribution in [3.63, 3.8) is 0 Å². The van der Waals surface area contributed by atoms with Crippen molar-refractivity contribution in [3.8, 4) is 0 Å². The summed E-state index contributed by atoms with van der Waals surface area (Å²) in [7, 11) is 3.27. The van der Waals surface area contributed by atoms with Gasteiger partial charge in [0.1, 0.15) is 6.61 Å². The number of unbranched alkanes of at least 4 members (excludes halogenated alkanes) is 3. The van der Waals surface area contributed by atoms with Crippen molar-refractivity contribution >= 4 is 11.8 Å². The summed E-state index contributed by atoms with van der Waals surface area (Å²) in [5.41, 5.74) is 0. The third kappa shape index (κ3) is 25.0. The lowest BCUT2D eigenvalue weighted by molar-refractivity contribution is -0.126. The summed E-state index contributed by atoms with van der Waals surface area (Å²) in [5, 5.41) is 5.31. The lowest BCUT2D eigenvalue weighted by Crippen LogP contribution is -2.31. The number of ether oxygens (including phenoxy) is 6. The first-order valence-electron chi connectivity index (χ1n) is 11.6. The first kappa shape index (κ1) is 30.7. The number of carbonyl (C=O) groups is 2. The molecular formula is C22H44N2O8. The molecule has 0 heterocycles. The van der Waals surface area contributed by atoms with Crippen LogP contribution in [-0.4, -0.2) is 105 Å². The van der Waals surface area contributed by atoms with Crippen LogP contribution in [0.1, 0.15) is 38.5 Å². The molecule has 0 aliphatic rings. The molecule has 2 amide bonds. The number of nitrogens with one attached hydrogen (secondary N) is 2. The molecule has 0 aromatic carbocycles. The molecule has 0 radical (unpaired) electrons. The zero-order chi connectivity index (χ0) is 23.5. The van der Waals surface area contributed by atoms with Gasteiger partial charge in [-0.1, -0.05) is 0 Å². The van der Waals surface area contributed by atoms with Gasteiger partial charge in [0.2, 0.25) is 11.8 Å². The molecule has 0 unspecified atom stereocenters. The monoisotopic (exact) mass is 464 g/mol. The molecule has 10 nitrogen and oxygen atoms in total. The van der Waals surface area contributed by atoms with Crippen molar-refractivity contribution in [3.05, 3.63) is 0 Å². The predicted octanol–water partition coefficient (Wildman–Crippen LogP) is 0.919. The average Bonchev–Trinajstić information content (AvgIpc) is 2.80. The van der Waals surface area contributed by atoms with Gasteiger partial charge in [0.15, 0.2) is 0 Å². The number of methoxy groups -OCH3 is 1. The largest absolute Gasteiger partial charge is 0.382 e. The van der Waals surface area contributed by atoms with Gasteiger partial charge in [-0.2, -0.15) is 0 Å². The Morgan fingerprint density at radius 1 is 0.594 bits per heavy atom. The van der Waals surface area contributed by atoms with E-state index < -0.39 is 0 Å². The van der Waals surface area contributed by atoms with Gasteiger partial charge in [0, 0.05) is 53.6 Å². The van der Waals surface area contributed by atoms with Crippen LogP contribution in [0, 0.1) is 0 Å². The Morgan fingerprint density at radius 2 is 1.12 bits per heavy atom. The minimum Gasteiger partial charge on any atom is -0.382 e. The van der Waals surface area contributed by atoms with Gasteiger partial charge < -0.3 is 39.1 Å². The Hall–Kier alpha value is -1.30. The van der Waals surface area contributed by atoms with Crippen molar-refractivity contribution in [1.82, 2.24) is 10.6 Å². The highest BCUT2D eigenvalue weighted by atomic mass is 16.5. The fraction of sp³-hybridized carbons (Fsp3) is 0.909. The van der Waals surface area contributed by atoms with Crippen LogP contribution in [0.25, 0.3) is 0 Å². The highest BCUT2D eigenvalue weighted by Crippen LogP contribution is 1.97. The molecule has 0 bridgehead atoms. The molecule has 0 spiro atoms. The second kappa shape index (κ2) is 26.0. The van der Waals surface area contributed by atoms with E-state index in [4.69, 9.17) is 28.4 Å². The first-order chi connectivity index (χ1) is 15.7. The number of carbonyl (C=O) groups excluding carboxylic acids is 2. The van der Waals surface area contributed by atoms with E-state index in [1.165, 1.54) is 0 Å². The maximum absolute atomic E-state index is 11.7. The van der Waals surface area contributed by atoms with Gasteiger partial charge in [0.05, 0.1) is 39.6 Å². The van der Waals surface area contributed by atoms with E-state index in [1.807, 2.05) is 0 Å². The fourth-order valence-electron chi connectivity index (χ4n) is 2.43. The standard InChI is InChI=1S/C22H44N2O8/c1-23-21(25)8-14-28-11-6-7-12-30-18-19-31-15-9-24-22(26)20-32-13-5-3-4-10-29-17-16-27-2/h3-20H2,1-2H3,(H,23,25)(H,24,26). The molecule has 0 aliphatic heterocycles. The van der Waals surface area contributed by atoms with Crippen LogP contribution >= 0.6 is 0 Å². The average molecular weight is 465 g/mol. The summed E-state index contributed by atoms with van der Waals surface area (Å²) in [5.74, 6) is -0.145. The molecule has 32 heavy (non-hydrogen) atoms. The molecule has 190 valence electrons. The van der Waals surface area contributed by atoms with Crippen LogP contribution in [0.5, 0.6) is 0 Å². The lowest BCUT2D eigenvalue weighted by atomic mass is 10.2. The van der Waals surface area contributed by atoms with E-state index in [-0.39, 0.29) is 18.4 Å². The molecular weight excluding hydrogens is 420 g/mol. The summed E-state index contributed by atoms with van der Waals surface area (Å²) in [6, 6.07) is 0. The van der Waals surface area contributed by atoms with E-state index in [0.717, 1.165) is 38.7 Å². The smallest absolute Gasteiger partial charge is 0.246 e. The van der Waals surface area contributed by atoms with Crippen molar-refractivity contribution in [1.29, 1.82) is 0 Å². The van der Waals surface area contributed by atoms with Crippen molar-refractivity contribution in [2.75, 3.05) is 93.4 Å². The van der Waals surface area contributed by atoms with Gasteiger partial charge >= 0.3 is 0 Å². The van der Waals surface area contributed by atoms with Crippen LogP contribution in [0.2, 0.25) is 0 Å². The Balaban J connectivity index is 3.16. The number of hydrogen-bond acceptors (Lipinski definition) is 8. The fourth-order valence-corrected chi connectivity index (χ4v) is 2.43. The third-order valence-corrected chi connectivity index (χ3v) is 4.26. The second-order valence-corrected chi connectivity index (χ2v) is 7.04. The van der Waals surface area contributed by atoms with Crippen LogP contribution in [0.4, 0.5) is 0 Å². The van der Waals surface area contributed by atoms with Gasteiger partial charge in [0.25, 0.3) is 0 Å². The van der Waals surface area contributed by atoms with Crippen molar-refractivity contribution < 1.29 is 38.0 Å². The molecule has 0 aromatic heterocycles. The molecule has 0 aliphatic carbocycles. The predicted molar refractivity (Wildman–Crippen MR) is 121 cm³/mol. The SMILES string of the molecule is CNC(=O)CCOCCCCOCCOCCNC(=O)COCCCCCOCCOC. The normalized spacial score (nSPS) is 10.9. The second-order valence-electron chi connectivity index (χ2n) is 7.04. The first-order valence-corrected chi connectivity index (χ1v) is 11.6. The molecule has 10 heteroatoms. The molecule has 0 fully saturated rings. The summed E-state index contributed by atoms with van der Waals surface area (Å²) in [6.45, 7) is 6.25. The van der Waals surface area contributed by atoms with E-state index in [1.54, 1.807) is 14.2 Å². The van der Waals surface area contributed by atoms with Crippen LogP contribution in [-0.2, 0) is 38.0 Å². The topological polar surface area (TPSA) is 114 Å². The zero-order valence-corrected chi connectivity index (χ0v) is 20.0. The van der Waals surface area contributed by atoms with E-state index in [2.05, 4.69) is 10.6 Å². The highest BCUT2D eigenvalue weighted by Gasteiger charge is 2.01. The summed E-state index contributed by atoms with van der Waals surface area (Å²) in [4.78, 5) is 22.7. The highest BCUT2D eigenvalue weighted by molar-refractivity contribution is 5.77. The lowest BCUT2D eigenvalue weighted by Gasteiger charge is -2.08. The van der Waals surface area contributed by atoms with Gasteiger partial charge in [-0.05, 0) is 32.1 Å². The maximum atomic E-state index is 11.7. The summed E-state index contributed by atoms with van der Waals surface area (Å²) < 4.78 is 31.9. The van der Waals surface area contributed by atoms with Crippen molar-refractivity contribution in [2.45, 2.75) is 38.5 Å². The van der Waals surface area contributed by atoms with Gasteiger partial charge in [-0.3, -0.25) is 9.59 Å². The number of rotatable bonds is 25. The van der Waals surface area contributed by atoms with Crippen molar-refractivity contribution in [2.24, 2.45) is 0 Å². The molecule has 0 aromatic rings. The van der Waals surface area contributed by atoms with Crippen LogP contribution < -0.4 is 10.6 Å². The number of hydrogen-bond donors (Lipinski definition) is 2. The minimum absolute atomic E-state index is 0.0106. The Labute approximate surface area is 193 Å². The third-order valence-electron chi connectivity index (χ3n) is 4.26. The van der Waals surface area contributed by atoms with E-state index in [9.17, 15) is 9.59 Å². The Morgan fingerprint density at radius 3 is 1.75 bits per heavy atom. The van der Waals surface area contributed by atoms with Gasteiger partial charge in [-0.25, -0.2) is 0 Å². The molecule has 0 saturated carbocycles. The zero-order valence-electron chi connectivity index (χ0n) is 20.0. The Bertz CT molecular complexity index is 427. The van der Waals surface area contributed by atoms with E-state index >= 15 is 0 Å². The quantitative estimate of drug-likeness (QED) is 0.192. The number of amides is 2. The van der Waals surface area contributed by atoms with Crippen LogP contribution in [0.3, 0.4) is 0 Å².